The lowest BCUT2D eigenvalue weighted by molar-refractivity contribution is -0.216. The number of hydrogen-bond donors (Lipinski definition) is 9. The van der Waals surface area contributed by atoms with Crippen LogP contribution >= 0.6 is 15.6 Å². The number of esters is 1. The number of rotatable bonds is 27. The number of phosphoric ester groups is 2. The second-order valence-electron chi connectivity index (χ2n) is 13.6. The third kappa shape index (κ3) is 30.4. The van der Waals surface area contributed by atoms with Gasteiger partial charge in [0.15, 0.2) is 0 Å². The number of carbonyl (C=O) groups excluding carboxylic acids is 2. The average Bonchev–Trinajstić information content (AvgIpc) is 3.21. The van der Waals surface area contributed by atoms with Crippen molar-refractivity contribution in [3.63, 3.8) is 0 Å². The molecule has 8 atom stereocenters. The number of phosphoric acid groups is 2. The Morgan fingerprint density at radius 1 is 0.639 bits per heavy atom. The number of hydrogen-bond acceptors (Lipinski definition) is 14. The average molecular weight is 922 g/mol. The predicted octanol–water partition coefficient (Wildman–Crippen LogP) is 4.89. The van der Waals surface area contributed by atoms with E-state index >= 15 is 0 Å². The molecule has 0 bridgehead atoms. The molecule has 0 aromatic carbocycles. The Bertz CT molecular complexity index is 1720. The monoisotopic (exact) mass is 921 g/mol. The third-order valence-electron chi connectivity index (χ3n) is 8.47. The van der Waals surface area contributed by atoms with Crippen LogP contribution < -0.4 is 5.32 Å². The van der Waals surface area contributed by atoms with Gasteiger partial charge in [-0.1, -0.05) is 96.8 Å². The summed E-state index contributed by atoms with van der Waals surface area (Å²) < 4.78 is 47.5. The molecule has 1 aliphatic carbocycles. The second kappa shape index (κ2) is 35.2. The van der Waals surface area contributed by atoms with Gasteiger partial charge in [-0.25, -0.2) is 9.13 Å². The number of aliphatic hydroxyl groups excluding tert-OH is 5. The van der Waals surface area contributed by atoms with Gasteiger partial charge in [0.2, 0.25) is 5.91 Å². The van der Waals surface area contributed by atoms with Crippen molar-refractivity contribution in [3.8, 4) is 59.3 Å². The van der Waals surface area contributed by atoms with Crippen molar-refractivity contribution in [2.24, 2.45) is 0 Å². The van der Waals surface area contributed by atoms with E-state index in [1.807, 2.05) is 6.92 Å². The molecule has 1 amide bonds. The van der Waals surface area contributed by atoms with Gasteiger partial charge < -0.3 is 49.7 Å². The molecule has 61 heavy (non-hydrogen) atoms. The third-order valence-corrected chi connectivity index (χ3v) is 9.97. The molecule has 0 aromatic heterocycles. The fraction of sp³-hybridized carbons (Fsp3) is 0.707. The SMILES string of the molecule is CC#CC#CC#CC#CC#CNC(=O)CCC.CCCCCCCCCCCCCCCC(=O)O[C@H](COCO)COP(=O)(O)OC1C(O)[C@H](OP(=O)(O)O)[C@H](O)C(O)[C@@H]1O.[HH].[HH].[HH].[HH].[HH].[HH].[HH].[HH].[HH]. The lowest BCUT2D eigenvalue weighted by Crippen LogP contribution is -2.64. The van der Waals surface area contributed by atoms with Gasteiger partial charge in [-0.2, -0.15) is 0 Å². The molecule has 18 nitrogen and oxygen atoms in total. The van der Waals surface area contributed by atoms with E-state index in [4.69, 9.17) is 33.4 Å². The zero-order valence-electron chi connectivity index (χ0n) is 35.1. The van der Waals surface area contributed by atoms with E-state index in [1.54, 1.807) is 6.92 Å². The standard InChI is InChI=1S/C26H52O16P2.C15H11NO.9H2/c1-2-3-4-5-6-7-8-9-10-11-12-13-14-15-20(28)40-19(16-38-18-27)17-39-44(36,37)42-26-23(31)21(29)22(30)25(24(26)32)41-43(33,34)35;1-3-5-6-7-8-9-10-11-12-14-16-15(17)13-4-2;;;;;;;;;/h19,21-27,29-32H,2-18H2,1H3,(H,36,37)(H2,33,34,35);4,13H2,1-2H3,(H,16,17);9*1H/t19-,21?,22-,23+,24?,25-,26?;;;;;;;;;;/m1........../s1. The van der Waals surface area contributed by atoms with Crippen molar-refractivity contribution >= 4 is 27.5 Å². The highest BCUT2D eigenvalue weighted by Crippen LogP contribution is 2.49. The molecule has 20 heteroatoms. The lowest BCUT2D eigenvalue weighted by atomic mass is 9.85. The largest absolute Gasteiger partial charge is 0.472 e. The van der Waals surface area contributed by atoms with Crippen LogP contribution in [0.5, 0.6) is 0 Å². The molecule has 1 rings (SSSR count). The maximum atomic E-state index is 12.5. The van der Waals surface area contributed by atoms with E-state index in [9.17, 15) is 44.0 Å². The summed E-state index contributed by atoms with van der Waals surface area (Å²) in [6.45, 7) is 3.87. The van der Waals surface area contributed by atoms with Gasteiger partial charge in [0.25, 0.3) is 0 Å². The molecular weight excluding hydrogens is 840 g/mol. The molecule has 1 saturated carbocycles. The van der Waals surface area contributed by atoms with Crippen molar-refractivity contribution in [3.05, 3.63) is 0 Å². The highest BCUT2D eigenvalue weighted by atomic mass is 31.2. The van der Waals surface area contributed by atoms with E-state index in [0.29, 0.717) is 12.8 Å². The summed E-state index contributed by atoms with van der Waals surface area (Å²) in [5, 5.41) is 51.7. The van der Waals surface area contributed by atoms with Gasteiger partial charge in [0, 0.05) is 55.4 Å². The summed E-state index contributed by atoms with van der Waals surface area (Å²) in [6.07, 6.45) is 1.51. The van der Waals surface area contributed by atoms with Crippen LogP contribution in [0.2, 0.25) is 0 Å². The van der Waals surface area contributed by atoms with Crippen molar-refractivity contribution in [2.45, 2.75) is 166 Å². The van der Waals surface area contributed by atoms with Crippen LogP contribution in [0.15, 0.2) is 0 Å². The Morgan fingerprint density at radius 3 is 1.62 bits per heavy atom. The van der Waals surface area contributed by atoms with Crippen LogP contribution in [0.25, 0.3) is 0 Å². The molecule has 4 unspecified atom stereocenters. The molecule has 0 saturated heterocycles. The fourth-order valence-electron chi connectivity index (χ4n) is 5.46. The zero-order chi connectivity index (χ0) is 45.9. The number of amides is 1. The Hall–Kier alpha value is -3.28. The number of nitrogens with one attached hydrogen (secondary N) is 1. The molecule has 0 radical (unpaired) electrons. The van der Waals surface area contributed by atoms with Crippen LogP contribution in [0, 0.1) is 59.3 Å². The smallest absolute Gasteiger partial charge is 0.457 e. The van der Waals surface area contributed by atoms with Gasteiger partial charge in [-0.05, 0) is 43.4 Å². The molecule has 0 heterocycles. The first-order valence-corrected chi connectivity index (χ1v) is 23.3. The Kier molecular flexibility index (Phi) is 33.3. The summed E-state index contributed by atoms with van der Waals surface area (Å²) in [6, 6.07) is 2.43. The number of carbonyl (C=O) groups is 2. The van der Waals surface area contributed by atoms with E-state index in [-0.39, 0.29) is 25.2 Å². The summed E-state index contributed by atoms with van der Waals surface area (Å²) in [7, 11) is -10.5. The van der Waals surface area contributed by atoms with Gasteiger partial charge in [-0.15, -0.1) is 0 Å². The molecule has 0 aliphatic heterocycles. The van der Waals surface area contributed by atoms with E-state index in [2.05, 4.69) is 76.1 Å². The van der Waals surface area contributed by atoms with Crippen LogP contribution in [0.4, 0.5) is 0 Å². The topological polar surface area (TPSA) is 288 Å². The normalized spacial score (nSPS) is 20.6. The first-order chi connectivity index (χ1) is 29.0. The van der Waals surface area contributed by atoms with E-state index in [1.165, 1.54) is 51.4 Å². The first kappa shape index (κ1) is 57.7. The van der Waals surface area contributed by atoms with Crippen LogP contribution in [-0.4, -0.2) is 115 Å². The van der Waals surface area contributed by atoms with E-state index < -0.39 is 84.3 Å². The highest BCUT2D eigenvalue weighted by Gasteiger charge is 2.54. The summed E-state index contributed by atoms with van der Waals surface area (Å²) in [4.78, 5) is 51.4. The van der Waals surface area contributed by atoms with Gasteiger partial charge in [-0.3, -0.25) is 28.5 Å². The minimum absolute atomic E-state index is 0. The first-order valence-electron chi connectivity index (χ1n) is 20.2. The minimum atomic E-state index is -5.32. The number of ether oxygens (including phenoxy) is 2. The quantitative estimate of drug-likeness (QED) is 0.0132. The Labute approximate surface area is 373 Å². The number of unbranched alkanes of at least 4 members (excludes halogenated alkanes) is 12. The lowest BCUT2D eigenvalue weighted by Gasteiger charge is -2.43. The molecular formula is C41H81NO17P2. The second-order valence-corrected chi connectivity index (χ2v) is 16.2. The number of aliphatic hydroxyl groups is 5. The molecule has 0 spiro atoms. The Balaban J connectivity index is -0.000000150. The van der Waals surface area contributed by atoms with Crippen molar-refractivity contribution < 1.29 is 94.8 Å². The molecule has 1 fully saturated rings. The highest BCUT2D eigenvalue weighted by molar-refractivity contribution is 7.47. The van der Waals surface area contributed by atoms with Crippen molar-refractivity contribution in [1.82, 2.24) is 5.32 Å². The van der Waals surface area contributed by atoms with Crippen molar-refractivity contribution in [1.29, 1.82) is 0 Å². The predicted molar refractivity (Wildman–Crippen MR) is 241 cm³/mol. The maximum absolute atomic E-state index is 12.5. The summed E-state index contributed by atoms with van der Waals surface area (Å²) in [5.74, 6) is 21.9. The van der Waals surface area contributed by atoms with Gasteiger partial charge in [0.1, 0.15) is 49.5 Å². The zero-order valence-corrected chi connectivity index (χ0v) is 36.9. The Morgan fingerprint density at radius 2 is 1.13 bits per heavy atom. The van der Waals surface area contributed by atoms with Crippen LogP contribution in [-0.2, 0) is 41.8 Å². The summed E-state index contributed by atoms with van der Waals surface area (Å²) >= 11 is 0. The summed E-state index contributed by atoms with van der Waals surface area (Å²) in [5.41, 5.74) is 0. The van der Waals surface area contributed by atoms with Crippen LogP contribution in [0.1, 0.15) is 136 Å². The van der Waals surface area contributed by atoms with Crippen LogP contribution in [0.3, 0.4) is 0 Å². The van der Waals surface area contributed by atoms with Gasteiger partial charge in [0.05, 0.1) is 13.2 Å². The van der Waals surface area contributed by atoms with Crippen molar-refractivity contribution in [2.75, 3.05) is 20.0 Å². The van der Waals surface area contributed by atoms with E-state index in [0.717, 1.165) is 32.1 Å². The fourth-order valence-corrected chi connectivity index (χ4v) is 6.99. The molecule has 9 N–H and O–H groups in total. The molecule has 0 aromatic rings. The maximum Gasteiger partial charge on any atom is 0.472 e. The molecule has 362 valence electrons. The minimum Gasteiger partial charge on any atom is -0.457 e. The van der Waals surface area contributed by atoms with Gasteiger partial charge >= 0.3 is 21.6 Å². The molecule has 1 aliphatic rings.